The van der Waals surface area contributed by atoms with E-state index in [0.29, 0.717) is 0 Å². The highest BCUT2D eigenvalue weighted by atomic mass is 16.3. The van der Waals surface area contributed by atoms with E-state index in [1.54, 1.807) is 0 Å². The molecule has 5 nitrogen and oxygen atoms in total. The summed E-state index contributed by atoms with van der Waals surface area (Å²) in [5, 5.41) is 17.6. The lowest BCUT2D eigenvalue weighted by Gasteiger charge is -2.35. The molecule has 0 amide bonds. The average molecular weight is 236 g/mol. The Morgan fingerprint density at radius 1 is 1.24 bits per heavy atom. The topological polar surface area (TPSA) is 52.5 Å². The molecule has 1 aliphatic rings. The van der Waals surface area contributed by atoms with Crippen molar-refractivity contribution in [1.29, 1.82) is 0 Å². The predicted molar refractivity (Wildman–Crippen MR) is 67.1 cm³/mol. The number of rotatable bonds is 3. The van der Waals surface area contributed by atoms with Crippen LogP contribution in [0.2, 0.25) is 0 Å². The van der Waals surface area contributed by atoms with Crippen LogP contribution in [0.25, 0.3) is 0 Å². The van der Waals surface area contributed by atoms with E-state index in [2.05, 4.69) is 20.0 Å². The molecule has 0 radical (unpaired) electrons. The Morgan fingerprint density at radius 3 is 2.47 bits per heavy atom. The highest BCUT2D eigenvalue weighted by Gasteiger charge is 2.18. The maximum absolute atomic E-state index is 9.34. The molecule has 1 unspecified atom stereocenters. The summed E-state index contributed by atoms with van der Waals surface area (Å²) >= 11 is 0. The summed E-state index contributed by atoms with van der Waals surface area (Å²) in [6.07, 6.45) is -0.249. The van der Waals surface area contributed by atoms with Gasteiger partial charge in [0.05, 0.1) is 11.8 Å². The van der Waals surface area contributed by atoms with E-state index < -0.39 is 0 Å². The molecule has 1 N–H and O–H groups in total. The summed E-state index contributed by atoms with van der Waals surface area (Å²) in [4.78, 5) is 4.52. The Hall–Kier alpha value is -1.20. The summed E-state index contributed by atoms with van der Waals surface area (Å²) in [5.41, 5.74) is 0.946. The Labute approximate surface area is 102 Å². The molecule has 1 saturated heterocycles. The smallest absolute Gasteiger partial charge is 0.151 e. The van der Waals surface area contributed by atoms with Gasteiger partial charge in [0.25, 0.3) is 0 Å². The highest BCUT2D eigenvalue weighted by Crippen LogP contribution is 2.12. The zero-order valence-corrected chi connectivity index (χ0v) is 10.5. The molecular formula is C12H20N4O. The lowest BCUT2D eigenvalue weighted by Crippen LogP contribution is -2.48. The fraction of sp³-hybridized carbons (Fsp3) is 0.667. The van der Waals surface area contributed by atoms with E-state index >= 15 is 0 Å². The molecule has 17 heavy (non-hydrogen) atoms. The number of hydrogen-bond donors (Lipinski definition) is 1. The number of aryl methyl sites for hydroxylation is 1. The summed E-state index contributed by atoms with van der Waals surface area (Å²) < 4.78 is 0. The van der Waals surface area contributed by atoms with E-state index in [0.717, 1.165) is 44.2 Å². The number of piperazine rings is 1. The molecular weight excluding hydrogens is 216 g/mol. The van der Waals surface area contributed by atoms with Crippen molar-refractivity contribution in [1.82, 2.24) is 15.1 Å². The summed E-state index contributed by atoms with van der Waals surface area (Å²) in [7, 11) is 0. The van der Waals surface area contributed by atoms with Crippen molar-refractivity contribution in [2.45, 2.75) is 20.0 Å². The summed E-state index contributed by atoms with van der Waals surface area (Å²) in [6.45, 7) is 8.37. The van der Waals surface area contributed by atoms with E-state index in [1.165, 1.54) is 0 Å². The minimum absolute atomic E-state index is 0.249. The Bertz CT molecular complexity index is 344. The van der Waals surface area contributed by atoms with Crippen LogP contribution < -0.4 is 4.90 Å². The minimum Gasteiger partial charge on any atom is -0.392 e. The van der Waals surface area contributed by atoms with Crippen LogP contribution in [0.5, 0.6) is 0 Å². The molecule has 5 heteroatoms. The van der Waals surface area contributed by atoms with E-state index in [-0.39, 0.29) is 6.10 Å². The van der Waals surface area contributed by atoms with Gasteiger partial charge in [-0.15, -0.1) is 5.10 Å². The summed E-state index contributed by atoms with van der Waals surface area (Å²) in [5.74, 6) is 0.951. The maximum Gasteiger partial charge on any atom is 0.151 e. The predicted octanol–water partition coefficient (Wildman–Crippen LogP) is 0.288. The SMILES string of the molecule is Cc1ccc(N2CCN(CC(C)O)CC2)nn1. The van der Waals surface area contributed by atoms with Crippen molar-refractivity contribution >= 4 is 5.82 Å². The van der Waals surface area contributed by atoms with Gasteiger partial charge in [0.2, 0.25) is 0 Å². The van der Waals surface area contributed by atoms with Crippen molar-refractivity contribution < 1.29 is 5.11 Å². The second-order valence-corrected chi connectivity index (χ2v) is 4.67. The van der Waals surface area contributed by atoms with Gasteiger partial charge in [-0.1, -0.05) is 0 Å². The van der Waals surface area contributed by atoms with Gasteiger partial charge in [0.15, 0.2) is 5.82 Å². The quantitative estimate of drug-likeness (QED) is 0.817. The maximum atomic E-state index is 9.34. The molecule has 1 aromatic heterocycles. The molecule has 0 aromatic carbocycles. The first-order valence-corrected chi connectivity index (χ1v) is 6.11. The molecule has 2 rings (SSSR count). The fourth-order valence-electron chi connectivity index (χ4n) is 2.09. The third-order valence-corrected chi connectivity index (χ3v) is 3.00. The Kier molecular flexibility index (Phi) is 3.91. The molecule has 0 saturated carbocycles. The van der Waals surface area contributed by atoms with Crippen LogP contribution in [0, 0.1) is 6.92 Å². The molecule has 0 bridgehead atoms. The van der Waals surface area contributed by atoms with Gasteiger partial charge in [-0.3, -0.25) is 4.90 Å². The Balaban J connectivity index is 1.88. The third kappa shape index (κ3) is 3.38. The van der Waals surface area contributed by atoms with Crippen LogP contribution in [-0.4, -0.2) is 59.0 Å². The number of aliphatic hydroxyl groups excluding tert-OH is 1. The second-order valence-electron chi connectivity index (χ2n) is 4.67. The van der Waals surface area contributed by atoms with Crippen molar-refractivity contribution in [3.63, 3.8) is 0 Å². The van der Waals surface area contributed by atoms with Crippen LogP contribution in [-0.2, 0) is 0 Å². The monoisotopic (exact) mass is 236 g/mol. The largest absolute Gasteiger partial charge is 0.392 e. The molecule has 0 aliphatic carbocycles. The standard InChI is InChI=1S/C12H20N4O/c1-10-3-4-12(14-13-10)16-7-5-15(6-8-16)9-11(2)17/h3-4,11,17H,5-9H2,1-2H3. The van der Waals surface area contributed by atoms with Crippen LogP contribution in [0.15, 0.2) is 12.1 Å². The molecule has 2 heterocycles. The number of anilines is 1. The highest BCUT2D eigenvalue weighted by molar-refractivity contribution is 5.37. The van der Waals surface area contributed by atoms with Crippen LogP contribution in [0.3, 0.4) is 0 Å². The van der Waals surface area contributed by atoms with Gasteiger partial charge in [0, 0.05) is 32.7 Å². The van der Waals surface area contributed by atoms with Gasteiger partial charge in [-0.2, -0.15) is 5.10 Å². The number of nitrogens with zero attached hydrogens (tertiary/aromatic N) is 4. The van der Waals surface area contributed by atoms with Gasteiger partial charge < -0.3 is 10.0 Å². The number of aliphatic hydroxyl groups is 1. The van der Waals surface area contributed by atoms with Crippen LogP contribution >= 0.6 is 0 Å². The molecule has 94 valence electrons. The lowest BCUT2D eigenvalue weighted by atomic mass is 10.2. The first-order chi connectivity index (χ1) is 8.15. The molecule has 0 spiro atoms. The average Bonchev–Trinajstić information content (AvgIpc) is 2.30. The Morgan fingerprint density at radius 2 is 1.94 bits per heavy atom. The van der Waals surface area contributed by atoms with E-state index in [4.69, 9.17) is 0 Å². The van der Waals surface area contributed by atoms with Crippen molar-refractivity contribution in [3.8, 4) is 0 Å². The number of β-amino-alcohol motifs (C(OH)–C–C–N with tert-alkyl or cyclic N) is 1. The minimum atomic E-state index is -0.249. The molecule has 1 aromatic rings. The second kappa shape index (κ2) is 5.42. The number of aromatic nitrogens is 2. The van der Waals surface area contributed by atoms with E-state index in [1.807, 2.05) is 26.0 Å². The first kappa shape index (κ1) is 12.3. The van der Waals surface area contributed by atoms with Crippen LogP contribution in [0.1, 0.15) is 12.6 Å². The van der Waals surface area contributed by atoms with Gasteiger partial charge >= 0.3 is 0 Å². The van der Waals surface area contributed by atoms with Crippen molar-refractivity contribution in [3.05, 3.63) is 17.8 Å². The van der Waals surface area contributed by atoms with E-state index in [9.17, 15) is 5.11 Å². The molecule has 1 fully saturated rings. The normalized spacial score (nSPS) is 19.4. The number of hydrogen-bond acceptors (Lipinski definition) is 5. The fourth-order valence-corrected chi connectivity index (χ4v) is 2.09. The lowest BCUT2D eigenvalue weighted by molar-refractivity contribution is 0.122. The zero-order chi connectivity index (χ0) is 12.3. The van der Waals surface area contributed by atoms with Gasteiger partial charge in [-0.05, 0) is 26.0 Å². The van der Waals surface area contributed by atoms with Gasteiger partial charge in [0.1, 0.15) is 0 Å². The van der Waals surface area contributed by atoms with Crippen molar-refractivity contribution in [2.75, 3.05) is 37.6 Å². The van der Waals surface area contributed by atoms with Gasteiger partial charge in [-0.25, -0.2) is 0 Å². The molecule has 1 aliphatic heterocycles. The van der Waals surface area contributed by atoms with Crippen LogP contribution in [0.4, 0.5) is 5.82 Å². The third-order valence-electron chi connectivity index (χ3n) is 3.00. The first-order valence-electron chi connectivity index (χ1n) is 6.11. The summed E-state index contributed by atoms with van der Waals surface area (Å²) in [6, 6.07) is 4.01. The molecule has 1 atom stereocenters. The van der Waals surface area contributed by atoms with Crippen molar-refractivity contribution in [2.24, 2.45) is 0 Å². The zero-order valence-electron chi connectivity index (χ0n) is 10.5.